The first kappa shape index (κ1) is 18.9. The lowest BCUT2D eigenvalue weighted by atomic mass is 9.98. The number of fused-ring (bicyclic) bond motifs is 1. The zero-order chi connectivity index (χ0) is 19.6. The molecular weight excluding hydrogens is 357 g/mol. The molecule has 0 aromatic heterocycles. The van der Waals surface area contributed by atoms with Crippen LogP contribution in [-0.2, 0) is 23.9 Å². The maximum absolute atomic E-state index is 12.8. The van der Waals surface area contributed by atoms with Gasteiger partial charge >= 0.3 is 6.18 Å². The second kappa shape index (κ2) is 7.42. The highest BCUT2D eigenvalue weighted by molar-refractivity contribution is 6.04. The van der Waals surface area contributed by atoms with Crippen LogP contribution in [0.15, 0.2) is 42.5 Å². The van der Waals surface area contributed by atoms with E-state index in [9.17, 15) is 22.8 Å². The second-order valence-corrected chi connectivity index (χ2v) is 6.44. The summed E-state index contributed by atoms with van der Waals surface area (Å²) in [5.41, 5.74) is 1.60. The van der Waals surface area contributed by atoms with Crippen molar-refractivity contribution in [1.82, 2.24) is 4.90 Å². The Morgan fingerprint density at radius 3 is 2.59 bits per heavy atom. The number of halogens is 3. The number of nitrogens with one attached hydrogen (secondary N) is 1. The molecule has 2 aromatic carbocycles. The highest BCUT2D eigenvalue weighted by atomic mass is 19.4. The Labute approximate surface area is 155 Å². The standard InChI is InChI=1S/C20H19F3N2O2/c1-2-18(26)25-9-8-13-6-7-17(11-15(13)12-25)24-19(27)14-4-3-5-16(10-14)20(21,22)23/h3-7,10-11H,2,8-9,12H2,1H3,(H,24,27). The number of carbonyl (C=O) groups is 2. The van der Waals surface area contributed by atoms with E-state index >= 15 is 0 Å². The zero-order valence-electron chi connectivity index (χ0n) is 14.8. The molecule has 1 N–H and O–H groups in total. The summed E-state index contributed by atoms with van der Waals surface area (Å²) in [6.07, 6.45) is -3.33. The first-order valence-electron chi connectivity index (χ1n) is 8.66. The summed E-state index contributed by atoms with van der Waals surface area (Å²) < 4.78 is 38.4. The minimum Gasteiger partial charge on any atom is -0.338 e. The number of carbonyl (C=O) groups excluding carboxylic acids is 2. The number of anilines is 1. The van der Waals surface area contributed by atoms with E-state index in [1.807, 2.05) is 13.0 Å². The van der Waals surface area contributed by atoms with Gasteiger partial charge in [-0.2, -0.15) is 13.2 Å². The van der Waals surface area contributed by atoms with E-state index in [2.05, 4.69) is 5.32 Å². The molecule has 1 aliphatic rings. The van der Waals surface area contributed by atoms with Crippen LogP contribution < -0.4 is 5.32 Å². The highest BCUT2D eigenvalue weighted by Crippen LogP contribution is 2.30. The number of nitrogens with zero attached hydrogens (tertiary/aromatic N) is 1. The average molecular weight is 376 g/mol. The van der Waals surface area contributed by atoms with Crippen molar-refractivity contribution in [2.24, 2.45) is 0 Å². The molecule has 4 nitrogen and oxygen atoms in total. The van der Waals surface area contributed by atoms with Gasteiger partial charge in [-0.15, -0.1) is 0 Å². The van der Waals surface area contributed by atoms with Gasteiger partial charge in [0.15, 0.2) is 0 Å². The molecule has 27 heavy (non-hydrogen) atoms. The molecule has 0 unspecified atom stereocenters. The van der Waals surface area contributed by atoms with Crippen molar-refractivity contribution in [3.05, 3.63) is 64.7 Å². The van der Waals surface area contributed by atoms with Gasteiger partial charge in [0, 0.05) is 30.8 Å². The molecule has 0 aliphatic carbocycles. The van der Waals surface area contributed by atoms with Gasteiger partial charge in [-0.3, -0.25) is 9.59 Å². The van der Waals surface area contributed by atoms with E-state index in [0.29, 0.717) is 25.2 Å². The third-order valence-electron chi connectivity index (χ3n) is 4.58. The lowest BCUT2D eigenvalue weighted by molar-refractivity contribution is -0.137. The maximum Gasteiger partial charge on any atom is 0.416 e. The number of hydrogen-bond acceptors (Lipinski definition) is 2. The Bertz CT molecular complexity index is 878. The average Bonchev–Trinajstić information content (AvgIpc) is 2.66. The van der Waals surface area contributed by atoms with E-state index in [0.717, 1.165) is 29.7 Å². The Balaban J connectivity index is 1.77. The molecule has 0 radical (unpaired) electrons. The van der Waals surface area contributed by atoms with Crippen LogP contribution in [0.1, 0.15) is 40.4 Å². The lowest BCUT2D eigenvalue weighted by Crippen LogP contribution is -2.35. The number of alkyl halides is 3. The van der Waals surface area contributed by atoms with E-state index in [1.165, 1.54) is 12.1 Å². The monoisotopic (exact) mass is 376 g/mol. The van der Waals surface area contributed by atoms with Crippen molar-refractivity contribution < 1.29 is 22.8 Å². The van der Waals surface area contributed by atoms with E-state index < -0.39 is 17.6 Å². The molecule has 0 bridgehead atoms. The van der Waals surface area contributed by atoms with Crippen LogP contribution in [0.2, 0.25) is 0 Å². The normalized spacial score (nSPS) is 13.9. The summed E-state index contributed by atoms with van der Waals surface area (Å²) in [6.45, 7) is 2.94. The minimum atomic E-state index is -4.50. The van der Waals surface area contributed by atoms with Crippen molar-refractivity contribution in [3.8, 4) is 0 Å². The van der Waals surface area contributed by atoms with Gasteiger partial charge in [0.1, 0.15) is 0 Å². The molecule has 0 spiro atoms. The molecule has 0 atom stereocenters. The maximum atomic E-state index is 12.8. The fraction of sp³-hybridized carbons (Fsp3) is 0.300. The van der Waals surface area contributed by atoms with Gasteiger partial charge in [-0.25, -0.2) is 0 Å². The first-order valence-corrected chi connectivity index (χ1v) is 8.66. The molecule has 142 valence electrons. The third-order valence-corrected chi connectivity index (χ3v) is 4.58. The van der Waals surface area contributed by atoms with Crippen LogP contribution in [0.25, 0.3) is 0 Å². The molecule has 2 aromatic rings. The Morgan fingerprint density at radius 2 is 1.89 bits per heavy atom. The van der Waals surface area contributed by atoms with Gasteiger partial charge in [0.25, 0.3) is 5.91 Å². The molecule has 1 heterocycles. The number of hydrogen-bond donors (Lipinski definition) is 1. The molecule has 2 amide bonds. The summed E-state index contributed by atoms with van der Waals surface area (Å²) >= 11 is 0. The smallest absolute Gasteiger partial charge is 0.338 e. The summed E-state index contributed by atoms with van der Waals surface area (Å²) in [4.78, 5) is 26.0. The molecule has 3 rings (SSSR count). The van der Waals surface area contributed by atoms with Crippen molar-refractivity contribution in [2.45, 2.75) is 32.5 Å². The summed E-state index contributed by atoms with van der Waals surface area (Å²) in [5.74, 6) is -0.544. The van der Waals surface area contributed by atoms with Crippen LogP contribution >= 0.6 is 0 Å². The molecule has 0 saturated carbocycles. The Morgan fingerprint density at radius 1 is 1.11 bits per heavy atom. The predicted octanol–water partition coefficient (Wildman–Crippen LogP) is 4.25. The molecule has 0 saturated heterocycles. The van der Waals surface area contributed by atoms with Crippen molar-refractivity contribution in [3.63, 3.8) is 0 Å². The zero-order valence-corrected chi connectivity index (χ0v) is 14.8. The SMILES string of the molecule is CCC(=O)N1CCc2ccc(NC(=O)c3cccc(C(F)(F)F)c3)cc2C1. The highest BCUT2D eigenvalue weighted by Gasteiger charge is 2.31. The molecule has 1 aliphatic heterocycles. The predicted molar refractivity (Wildman–Crippen MR) is 95.3 cm³/mol. The fourth-order valence-electron chi connectivity index (χ4n) is 3.11. The summed E-state index contributed by atoms with van der Waals surface area (Å²) in [5, 5.41) is 2.64. The van der Waals surface area contributed by atoms with Crippen molar-refractivity contribution in [2.75, 3.05) is 11.9 Å². The Kier molecular flexibility index (Phi) is 5.21. The van der Waals surface area contributed by atoms with Gasteiger partial charge in [0.05, 0.1) is 5.56 Å². The fourth-order valence-corrected chi connectivity index (χ4v) is 3.11. The number of amides is 2. The number of benzene rings is 2. The largest absolute Gasteiger partial charge is 0.416 e. The number of rotatable bonds is 3. The minimum absolute atomic E-state index is 0.0645. The topological polar surface area (TPSA) is 49.4 Å². The second-order valence-electron chi connectivity index (χ2n) is 6.44. The van der Waals surface area contributed by atoms with Crippen molar-refractivity contribution >= 4 is 17.5 Å². The van der Waals surface area contributed by atoms with Crippen LogP contribution in [0.3, 0.4) is 0 Å². The lowest BCUT2D eigenvalue weighted by Gasteiger charge is -2.29. The molecule has 0 fully saturated rings. The van der Waals surface area contributed by atoms with Crippen molar-refractivity contribution in [1.29, 1.82) is 0 Å². The molecule has 7 heteroatoms. The van der Waals surface area contributed by atoms with Gasteiger partial charge < -0.3 is 10.2 Å². The van der Waals surface area contributed by atoms with E-state index in [-0.39, 0.29) is 11.5 Å². The van der Waals surface area contributed by atoms with E-state index in [4.69, 9.17) is 0 Å². The van der Waals surface area contributed by atoms with Crippen LogP contribution in [-0.4, -0.2) is 23.3 Å². The first-order chi connectivity index (χ1) is 12.8. The quantitative estimate of drug-likeness (QED) is 0.871. The van der Waals surface area contributed by atoms with Gasteiger partial charge in [-0.1, -0.05) is 19.1 Å². The summed E-state index contributed by atoms with van der Waals surface area (Å²) in [6, 6.07) is 9.68. The Hall–Kier alpha value is -2.83. The summed E-state index contributed by atoms with van der Waals surface area (Å²) in [7, 11) is 0. The van der Waals surface area contributed by atoms with Crippen LogP contribution in [0.5, 0.6) is 0 Å². The third kappa shape index (κ3) is 4.30. The van der Waals surface area contributed by atoms with Crippen LogP contribution in [0, 0.1) is 0 Å². The molecular formula is C20H19F3N2O2. The van der Waals surface area contributed by atoms with Crippen LogP contribution in [0.4, 0.5) is 18.9 Å². The van der Waals surface area contributed by atoms with E-state index in [1.54, 1.807) is 17.0 Å². The van der Waals surface area contributed by atoms with Gasteiger partial charge in [0.2, 0.25) is 5.91 Å². The van der Waals surface area contributed by atoms with Gasteiger partial charge in [-0.05, 0) is 47.9 Å².